The Bertz CT molecular complexity index is 453. The highest BCUT2D eigenvalue weighted by Crippen LogP contribution is 2.11. The predicted molar refractivity (Wildman–Crippen MR) is 65.9 cm³/mol. The van der Waals surface area contributed by atoms with Crippen molar-refractivity contribution in [2.24, 2.45) is 0 Å². The molecule has 0 aliphatic carbocycles. The molecule has 7 nitrogen and oxygen atoms in total. The SMILES string of the molecule is O=C(CCN1C(=O)CCC1=O)NCCc1ncc[nH]1. The lowest BCUT2D eigenvalue weighted by Crippen LogP contribution is -2.34. The molecule has 0 atom stereocenters. The van der Waals surface area contributed by atoms with Crippen LogP contribution in [0.2, 0.25) is 0 Å². The second-order valence-electron chi connectivity index (χ2n) is 4.32. The number of aromatic nitrogens is 2. The van der Waals surface area contributed by atoms with Gasteiger partial charge < -0.3 is 10.3 Å². The Morgan fingerprint density at radius 1 is 1.37 bits per heavy atom. The van der Waals surface area contributed by atoms with Crippen molar-refractivity contribution in [3.63, 3.8) is 0 Å². The summed E-state index contributed by atoms with van der Waals surface area (Å²) in [6.45, 7) is 0.651. The third-order valence-electron chi connectivity index (χ3n) is 2.96. The summed E-state index contributed by atoms with van der Waals surface area (Å²) < 4.78 is 0. The summed E-state index contributed by atoms with van der Waals surface area (Å²) in [4.78, 5) is 42.3. The molecule has 1 fully saturated rings. The van der Waals surface area contributed by atoms with Crippen LogP contribution in [0, 0.1) is 0 Å². The molecule has 0 aromatic carbocycles. The predicted octanol–water partition coefficient (Wildman–Crippen LogP) is -0.392. The molecular weight excluding hydrogens is 248 g/mol. The van der Waals surface area contributed by atoms with Crippen LogP contribution in [0.4, 0.5) is 0 Å². The molecule has 1 aromatic rings. The summed E-state index contributed by atoms with van der Waals surface area (Å²) in [7, 11) is 0. The van der Waals surface area contributed by atoms with Gasteiger partial charge in [0.1, 0.15) is 5.82 Å². The van der Waals surface area contributed by atoms with Crippen LogP contribution in [-0.2, 0) is 20.8 Å². The smallest absolute Gasteiger partial charge is 0.229 e. The van der Waals surface area contributed by atoms with E-state index >= 15 is 0 Å². The van der Waals surface area contributed by atoms with E-state index in [-0.39, 0.29) is 43.5 Å². The Morgan fingerprint density at radius 2 is 2.11 bits per heavy atom. The second kappa shape index (κ2) is 6.12. The van der Waals surface area contributed by atoms with Crippen molar-refractivity contribution in [3.8, 4) is 0 Å². The molecule has 2 N–H and O–H groups in total. The molecule has 0 bridgehead atoms. The number of imidazole rings is 1. The molecule has 0 radical (unpaired) electrons. The van der Waals surface area contributed by atoms with Crippen LogP contribution in [-0.4, -0.2) is 45.7 Å². The maximum atomic E-state index is 11.6. The van der Waals surface area contributed by atoms with Gasteiger partial charge >= 0.3 is 0 Å². The standard InChI is InChI=1S/C12H16N4O3/c17-10(15-5-3-9-13-6-7-14-9)4-8-16-11(18)1-2-12(16)19/h6-7H,1-5,8H2,(H,13,14)(H,15,17). The van der Waals surface area contributed by atoms with Gasteiger partial charge in [-0.3, -0.25) is 19.3 Å². The minimum Gasteiger partial charge on any atom is -0.356 e. The summed E-state index contributed by atoms with van der Waals surface area (Å²) >= 11 is 0. The fraction of sp³-hybridized carbons (Fsp3) is 0.500. The zero-order valence-corrected chi connectivity index (χ0v) is 10.5. The zero-order chi connectivity index (χ0) is 13.7. The van der Waals surface area contributed by atoms with Crippen LogP contribution in [0.15, 0.2) is 12.4 Å². The van der Waals surface area contributed by atoms with E-state index in [9.17, 15) is 14.4 Å². The maximum Gasteiger partial charge on any atom is 0.229 e. The van der Waals surface area contributed by atoms with Crippen molar-refractivity contribution < 1.29 is 14.4 Å². The molecule has 1 saturated heterocycles. The molecule has 0 saturated carbocycles. The number of aromatic amines is 1. The Balaban J connectivity index is 1.64. The number of likely N-dealkylation sites (tertiary alicyclic amines) is 1. The van der Waals surface area contributed by atoms with E-state index in [1.165, 1.54) is 0 Å². The Morgan fingerprint density at radius 3 is 2.74 bits per heavy atom. The van der Waals surface area contributed by atoms with Gasteiger partial charge in [-0.1, -0.05) is 0 Å². The zero-order valence-electron chi connectivity index (χ0n) is 10.5. The first-order chi connectivity index (χ1) is 9.16. The first-order valence-corrected chi connectivity index (χ1v) is 6.25. The quantitative estimate of drug-likeness (QED) is 0.684. The lowest BCUT2D eigenvalue weighted by Gasteiger charge is -2.13. The van der Waals surface area contributed by atoms with E-state index in [4.69, 9.17) is 0 Å². The van der Waals surface area contributed by atoms with Crippen molar-refractivity contribution in [1.82, 2.24) is 20.2 Å². The lowest BCUT2D eigenvalue weighted by atomic mass is 10.3. The average Bonchev–Trinajstić information content (AvgIpc) is 2.99. The first kappa shape index (κ1) is 13.3. The molecule has 1 aromatic heterocycles. The number of hydrogen-bond acceptors (Lipinski definition) is 4. The number of rotatable bonds is 6. The minimum atomic E-state index is -0.187. The molecule has 19 heavy (non-hydrogen) atoms. The van der Waals surface area contributed by atoms with Crippen LogP contribution in [0.5, 0.6) is 0 Å². The molecule has 1 aliphatic heterocycles. The first-order valence-electron chi connectivity index (χ1n) is 6.25. The summed E-state index contributed by atoms with van der Waals surface area (Å²) in [5.41, 5.74) is 0. The van der Waals surface area contributed by atoms with Gasteiger partial charge in [0, 0.05) is 51.2 Å². The normalized spacial score (nSPS) is 15.1. The Kier molecular flexibility index (Phi) is 4.27. The number of carbonyl (C=O) groups is 3. The third-order valence-corrected chi connectivity index (χ3v) is 2.96. The summed E-state index contributed by atoms with van der Waals surface area (Å²) in [5.74, 6) is 0.269. The molecule has 3 amide bonds. The summed E-state index contributed by atoms with van der Waals surface area (Å²) in [6.07, 6.45) is 4.68. The molecule has 7 heteroatoms. The van der Waals surface area contributed by atoms with Gasteiger partial charge in [0.2, 0.25) is 17.7 Å². The number of nitrogens with zero attached hydrogens (tertiary/aromatic N) is 2. The minimum absolute atomic E-state index is 0.148. The van der Waals surface area contributed by atoms with E-state index in [1.54, 1.807) is 12.4 Å². The van der Waals surface area contributed by atoms with E-state index in [1.807, 2.05) is 0 Å². The van der Waals surface area contributed by atoms with Gasteiger partial charge in [0.05, 0.1) is 0 Å². The van der Waals surface area contributed by atoms with E-state index in [0.29, 0.717) is 13.0 Å². The third kappa shape index (κ3) is 3.64. The fourth-order valence-corrected chi connectivity index (χ4v) is 1.93. The van der Waals surface area contributed by atoms with Crippen LogP contribution in [0.1, 0.15) is 25.1 Å². The van der Waals surface area contributed by atoms with Crippen molar-refractivity contribution >= 4 is 17.7 Å². The van der Waals surface area contributed by atoms with Crippen molar-refractivity contribution in [1.29, 1.82) is 0 Å². The monoisotopic (exact) mass is 264 g/mol. The largest absolute Gasteiger partial charge is 0.356 e. The topological polar surface area (TPSA) is 95.2 Å². The summed E-state index contributed by atoms with van der Waals surface area (Å²) in [5, 5.41) is 2.73. The van der Waals surface area contributed by atoms with Gasteiger partial charge in [-0.25, -0.2) is 4.98 Å². The highest BCUT2D eigenvalue weighted by Gasteiger charge is 2.28. The number of hydrogen-bond donors (Lipinski definition) is 2. The highest BCUT2D eigenvalue weighted by molar-refractivity contribution is 6.02. The van der Waals surface area contributed by atoms with Crippen LogP contribution in [0.25, 0.3) is 0 Å². The molecule has 0 unspecified atom stereocenters. The molecule has 0 spiro atoms. The molecule has 1 aliphatic rings. The number of H-pyrrole nitrogens is 1. The number of imide groups is 1. The highest BCUT2D eigenvalue weighted by atomic mass is 16.2. The van der Waals surface area contributed by atoms with Crippen LogP contribution < -0.4 is 5.32 Å². The van der Waals surface area contributed by atoms with Crippen LogP contribution in [0.3, 0.4) is 0 Å². The molecule has 102 valence electrons. The van der Waals surface area contributed by atoms with Gasteiger partial charge in [0.15, 0.2) is 0 Å². The average molecular weight is 264 g/mol. The molecular formula is C12H16N4O3. The fourth-order valence-electron chi connectivity index (χ4n) is 1.93. The van der Waals surface area contributed by atoms with Crippen molar-refractivity contribution in [2.45, 2.75) is 25.7 Å². The Labute approximate surface area is 110 Å². The van der Waals surface area contributed by atoms with E-state index < -0.39 is 0 Å². The number of carbonyl (C=O) groups excluding carboxylic acids is 3. The molecule has 2 rings (SSSR count). The van der Waals surface area contributed by atoms with Gasteiger partial charge in [-0.2, -0.15) is 0 Å². The van der Waals surface area contributed by atoms with Gasteiger partial charge in [-0.15, -0.1) is 0 Å². The van der Waals surface area contributed by atoms with Crippen molar-refractivity contribution in [2.75, 3.05) is 13.1 Å². The Hall–Kier alpha value is -2.18. The lowest BCUT2D eigenvalue weighted by molar-refractivity contribution is -0.138. The second-order valence-corrected chi connectivity index (χ2v) is 4.32. The van der Waals surface area contributed by atoms with Gasteiger partial charge in [-0.05, 0) is 0 Å². The number of amides is 3. The van der Waals surface area contributed by atoms with Gasteiger partial charge in [0.25, 0.3) is 0 Å². The maximum absolute atomic E-state index is 11.6. The van der Waals surface area contributed by atoms with E-state index in [2.05, 4.69) is 15.3 Å². The van der Waals surface area contributed by atoms with Crippen LogP contribution >= 0.6 is 0 Å². The summed E-state index contributed by atoms with van der Waals surface area (Å²) in [6, 6.07) is 0. The van der Waals surface area contributed by atoms with E-state index in [0.717, 1.165) is 10.7 Å². The van der Waals surface area contributed by atoms with Crippen molar-refractivity contribution in [3.05, 3.63) is 18.2 Å². The number of nitrogens with one attached hydrogen (secondary N) is 2. The molecule has 2 heterocycles.